The van der Waals surface area contributed by atoms with Crippen molar-refractivity contribution in [3.05, 3.63) is 69.8 Å². The maximum absolute atomic E-state index is 13.1. The van der Waals surface area contributed by atoms with Crippen molar-refractivity contribution in [3.63, 3.8) is 0 Å². The fraction of sp³-hybridized carbons (Fsp3) is 0.273. The Morgan fingerprint density at radius 3 is 2.68 bits per heavy atom. The molecule has 0 saturated heterocycles. The molecule has 1 atom stereocenters. The summed E-state index contributed by atoms with van der Waals surface area (Å²) in [6.07, 6.45) is 1.96. The van der Waals surface area contributed by atoms with Gasteiger partial charge in [-0.25, -0.2) is 4.79 Å². The van der Waals surface area contributed by atoms with Gasteiger partial charge in [-0.3, -0.25) is 10.00 Å². The average Bonchev–Trinajstić information content (AvgIpc) is 3.23. The van der Waals surface area contributed by atoms with Crippen LogP contribution in [0.5, 0.6) is 0 Å². The van der Waals surface area contributed by atoms with Crippen LogP contribution in [0.25, 0.3) is 11.1 Å². The number of urea groups is 1. The zero-order valence-corrected chi connectivity index (χ0v) is 17.8. The summed E-state index contributed by atoms with van der Waals surface area (Å²) in [5.41, 5.74) is 5.43. The highest BCUT2D eigenvalue weighted by atomic mass is 79.9. The van der Waals surface area contributed by atoms with E-state index in [4.69, 9.17) is 0 Å². The number of fused-ring (bicyclic) bond motifs is 1. The van der Waals surface area contributed by atoms with E-state index in [1.807, 2.05) is 51.4 Å². The maximum Gasteiger partial charge on any atom is 0.323 e. The molecule has 6 heteroatoms. The predicted octanol–water partition coefficient (Wildman–Crippen LogP) is 5.31. The van der Waals surface area contributed by atoms with E-state index in [2.05, 4.69) is 44.5 Å². The summed E-state index contributed by atoms with van der Waals surface area (Å²) in [5, 5.41) is 7.62. The number of aryl methyl sites for hydroxylation is 3. The molecular formula is C22H23BrN4O. The van der Waals surface area contributed by atoms with Crippen molar-refractivity contribution < 1.29 is 4.79 Å². The largest absolute Gasteiger partial charge is 0.323 e. The number of anilines is 1. The number of aromatic nitrogens is 2. The van der Waals surface area contributed by atoms with Crippen LogP contribution >= 0.6 is 15.9 Å². The maximum atomic E-state index is 13.1. The Bertz CT molecular complexity index is 1030. The van der Waals surface area contributed by atoms with E-state index in [1.54, 1.807) is 9.58 Å². The molecule has 144 valence electrons. The van der Waals surface area contributed by atoms with Gasteiger partial charge >= 0.3 is 6.03 Å². The lowest BCUT2D eigenvalue weighted by Gasteiger charge is -2.26. The summed E-state index contributed by atoms with van der Waals surface area (Å²) in [6, 6.07) is 16.4. The first-order chi connectivity index (χ1) is 13.5. The van der Waals surface area contributed by atoms with Crippen molar-refractivity contribution in [2.24, 2.45) is 7.05 Å². The zero-order chi connectivity index (χ0) is 19.8. The van der Waals surface area contributed by atoms with Gasteiger partial charge in [-0.05, 0) is 48.6 Å². The van der Waals surface area contributed by atoms with Crippen molar-refractivity contribution in [3.8, 4) is 11.1 Å². The normalized spacial score (nSPS) is 15.4. The highest BCUT2D eigenvalue weighted by Gasteiger charge is 2.29. The molecule has 1 N–H and O–H groups in total. The highest BCUT2D eigenvalue weighted by molar-refractivity contribution is 9.10. The predicted molar refractivity (Wildman–Crippen MR) is 115 cm³/mol. The Hall–Kier alpha value is -2.60. The third-order valence-corrected chi connectivity index (χ3v) is 6.00. The minimum absolute atomic E-state index is 0.0988. The number of hydrogen-bond acceptors (Lipinski definition) is 2. The molecular weight excluding hydrogens is 416 g/mol. The number of benzene rings is 2. The number of carbonyl (C=O) groups is 1. The summed E-state index contributed by atoms with van der Waals surface area (Å²) in [5.74, 6) is 0.711. The van der Waals surface area contributed by atoms with Gasteiger partial charge in [0.1, 0.15) is 5.82 Å². The van der Waals surface area contributed by atoms with Crippen LogP contribution in [0.1, 0.15) is 29.3 Å². The van der Waals surface area contributed by atoms with Crippen LogP contribution in [-0.4, -0.2) is 27.8 Å². The van der Waals surface area contributed by atoms with Crippen molar-refractivity contribution in [2.75, 3.05) is 12.4 Å². The minimum atomic E-state index is -0.122. The summed E-state index contributed by atoms with van der Waals surface area (Å²) >= 11 is 3.47. The molecule has 0 spiro atoms. The molecule has 4 rings (SSSR count). The van der Waals surface area contributed by atoms with Gasteiger partial charge in [-0.1, -0.05) is 52.3 Å². The van der Waals surface area contributed by atoms with E-state index in [0.29, 0.717) is 5.82 Å². The van der Waals surface area contributed by atoms with Gasteiger partial charge in [0.15, 0.2) is 0 Å². The number of carbonyl (C=O) groups excluding carboxylic acids is 1. The van der Waals surface area contributed by atoms with Crippen LogP contribution in [0.2, 0.25) is 0 Å². The Kier molecular flexibility index (Phi) is 4.98. The van der Waals surface area contributed by atoms with Gasteiger partial charge in [0.25, 0.3) is 0 Å². The summed E-state index contributed by atoms with van der Waals surface area (Å²) in [7, 11) is 3.72. The minimum Gasteiger partial charge on any atom is -0.320 e. The third-order valence-electron chi connectivity index (χ3n) is 5.47. The van der Waals surface area contributed by atoms with Gasteiger partial charge in [0.05, 0.1) is 11.7 Å². The topological polar surface area (TPSA) is 50.2 Å². The first-order valence-electron chi connectivity index (χ1n) is 9.37. The molecule has 3 aromatic rings. The monoisotopic (exact) mass is 438 g/mol. The fourth-order valence-corrected chi connectivity index (χ4v) is 4.30. The van der Waals surface area contributed by atoms with Crippen LogP contribution in [0.15, 0.2) is 53.0 Å². The molecule has 28 heavy (non-hydrogen) atoms. The smallest absolute Gasteiger partial charge is 0.320 e. The molecule has 1 aliphatic carbocycles. The Morgan fingerprint density at radius 1 is 1.21 bits per heavy atom. The molecule has 1 aromatic heterocycles. The molecule has 0 aliphatic heterocycles. The fourth-order valence-electron chi connectivity index (χ4n) is 4.03. The molecule has 2 aromatic carbocycles. The second-order valence-electron chi connectivity index (χ2n) is 7.23. The van der Waals surface area contributed by atoms with E-state index in [0.717, 1.165) is 34.1 Å². The Labute approximate surface area is 173 Å². The number of nitrogens with zero attached hydrogens (tertiary/aromatic N) is 3. The summed E-state index contributed by atoms with van der Waals surface area (Å²) in [4.78, 5) is 14.9. The molecule has 5 nitrogen and oxygen atoms in total. The molecule has 2 amide bonds. The van der Waals surface area contributed by atoms with Gasteiger partial charge in [0, 0.05) is 24.1 Å². The molecule has 0 fully saturated rings. The first kappa shape index (κ1) is 18.7. The molecule has 0 bridgehead atoms. The molecule has 0 unspecified atom stereocenters. The van der Waals surface area contributed by atoms with E-state index in [1.165, 1.54) is 11.1 Å². The number of rotatable bonds is 3. The second-order valence-corrected chi connectivity index (χ2v) is 8.15. The van der Waals surface area contributed by atoms with Crippen molar-refractivity contribution in [1.82, 2.24) is 14.7 Å². The van der Waals surface area contributed by atoms with Gasteiger partial charge in [0.2, 0.25) is 0 Å². The lowest BCUT2D eigenvalue weighted by Crippen LogP contribution is -2.34. The lowest BCUT2D eigenvalue weighted by molar-refractivity contribution is 0.204. The van der Waals surface area contributed by atoms with Gasteiger partial charge in [-0.2, -0.15) is 5.10 Å². The lowest BCUT2D eigenvalue weighted by atomic mass is 10.1. The van der Waals surface area contributed by atoms with Crippen LogP contribution in [-0.2, 0) is 13.5 Å². The molecule has 1 aliphatic rings. The number of amides is 2. The van der Waals surface area contributed by atoms with Crippen LogP contribution in [0, 0.1) is 6.92 Å². The standard InChI is InChI=1S/C22H23BrN4O/c1-14-20(16-8-11-17(23)12-9-16)21(27(3)25-14)24-22(28)26(2)19-13-10-15-6-4-5-7-18(15)19/h4-9,11-12,19H,10,13H2,1-3H3,(H,24,28)/t19-/m0/s1. The molecule has 1 heterocycles. The summed E-state index contributed by atoms with van der Waals surface area (Å²) < 4.78 is 2.75. The van der Waals surface area contributed by atoms with E-state index in [9.17, 15) is 4.79 Å². The van der Waals surface area contributed by atoms with E-state index in [-0.39, 0.29) is 12.1 Å². The number of halogens is 1. The molecule has 0 radical (unpaired) electrons. The van der Waals surface area contributed by atoms with Crippen LogP contribution in [0.4, 0.5) is 10.6 Å². The van der Waals surface area contributed by atoms with Crippen LogP contribution < -0.4 is 5.32 Å². The quantitative estimate of drug-likeness (QED) is 0.602. The number of hydrogen-bond donors (Lipinski definition) is 1. The van der Waals surface area contributed by atoms with E-state index < -0.39 is 0 Å². The summed E-state index contributed by atoms with van der Waals surface area (Å²) in [6.45, 7) is 1.96. The zero-order valence-electron chi connectivity index (χ0n) is 16.2. The van der Waals surface area contributed by atoms with Crippen LogP contribution in [0.3, 0.4) is 0 Å². The first-order valence-corrected chi connectivity index (χ1v) is 10.2. The van der Waals surface area contributed by atoms with Crippen molar-refractivity contribution in [1.29, 1.82) is 0 Å². The Balaban J connectivity index is 1.61. The highest BCUT2D eigenvalue weighted by Crippen LogP contribution is 2.36. The molecule has 0 saturated carbocycles. The average molecular weight is 439 g/mol. The Morgan fingerprint density at radius 2 is 1.93 bits per heavy atom. The van der Waals surface area contributed by atoms with Gasteiger partial charge in [-0.15, -0.1) is 0 Å². The van der Waals surface area contributed by atoms with Gasteiger partial charge < -0.3 is 4.90 Å². The van der Waals surface area contributed by atoms with E-state index >= 15 is 0 Å². The van der Waals surface area contributed by atoms with Crippen molar-refractivity contribution in [2.45, 2.75) is 25.8 Å². The number of nitrogens with one attached hydrogen (secondary N) is 1. The third kappa shape index (κ3) is 3.33. The SMILES string of the molecule is Cc1nn(C)c(NC(=O)N(C)[C@H]2CCc3ccccc32)c1-c1ccc(Br)cc1. The van der Waals surface area contributed by atoms with Crippen molar-refractivity contribution >= 4 is 27.8 Å². The second kappa shape index (κ2) is 7.43.